The number of nitrogens with one attached hydrogen (secondary N) is 1. The van der Waals surface area contributed by atoms with E-state index >= 15 is 0 Å². The Hall–Kier alpha value is -3.55. The van der Waals surface area contributed by atoms with Gasteiger partial charge in [0.05, 0.1) is 41.3 Å². The number of aromatic nitrogens is 2. The Balaban J connectivity index is 1.84. The molecule has 0 atom stereocenters. The molecular formula is C24H18Cl2FN3O3. The van der Waals surface area contributed by atoms with Crippen LogP contribution >= 0.6 is 23.2 Å². The van der Waals surface area contributed by atoms with E-state index in [1.165, 1.54) is 23.9 Å². The number of nitrogens with zero attached hydrogens (tertiary/aromatic N) is 2. The summed E-state index contributed by atoms with van der Waals surface area (Å²) in [7, 11) is 3.08. The number of benzene rings is 3. The lowest BCUT2D eigenvalue weighted by molar-refractivity contribution is 0.101. The first-order valence-electron chi connectivity index (χ1n) is 9.75. The predicted molar refractivity (Wildman–Crippen MR) is 126 cm³/mol. The van der Waals surface area contributed by atoms with Crippen molar-refractivity contribution in [1.82, 2.24) is 9.78 Å². The Morgan fingerprint density at radius 3 is 2.45 bits per heavy atom. The van der Waals surface area contributed by atoms with Gasteiger partial charge in [-0.3, -0.25) is 4.79 Å². The van der Waals surface area contributed by atoms with E-state index in [1.54, 1.807) is 61.7 Å². The zero-order chi connectivity index (χ0) is 23.5. The van der Waals surface area contributed by atoms with E-state index in [1.807, 2.05) is 0 Å². The molecule has 0 aliphatic heterocycles. The molecule has 0 spiro atoms. The molecule has 9 heteroatoms. The first kappa shape index (κ1) is 22.6. The van der Waals surface area contributed by atoms with E-state index in [0.717, 1.165) is 0 Å². The number of methoxy groups -OCH3 is 2. The van der Waals surface area contributed by atoms with Crippen LogP contribution in [0.15, 0.2) is 66.7 Å². The SMILES string of the molecule is COc1ccc(-c2cc(C(=O)Nc3ccccc3F)n(-c3ccc(Cl)c(Cl)c3)n2)c(OC)c1. The van der Waals surface area contributed by atoms with Crippen molar-refractivity contribution in [3.05, 3.63) is 88.3 Å². The second-order valence-electron chi connectivity index (χ2n) is 6.93. The maximum atomic E-state index is 14.1. The van der Waals surface area contributed by atoms with E-state index in [-0.39, 0.29) is 11.4 Å². The average Bonchev–Trinajstić information content (AvgIpc) is 3.27. The van der Waals surface area contributed by atoms with Crippen LogP contribution in [0, 0.1) is 5.82 Å². The van der Waals surface area contributed by atoms with Gasteiger partial charge in [0.1, 0.15) is 23.0 Å². The lowest BCUT2D eigenvalue weighted by Gasteiger charge is -2.10. The molecule has 4 aromatic rings. The molecule has 0 saturated carbocycles. The van der Waals surface area contributed by atoms with Crippen LogP contribution in [0.3, 0.4) is 0 Å². The molecule has 33 heavy (non-hydrogen) atoms. The van der Waals surface area contributed by atoms with Crippen LogP contribution < -0.4 is 14.8 Å². The largest absolute Gasteiger partial charge is 0.497 e. The molecule has 6 nitrogen and oxygen atoms in total. The van der Waals surface area contributed by atoms with Crippen LogP contribution in [0.4, 0.5) is 10.1 Å². The minimum absolute atomic E-state index is 0.0490. The summed E-state index contributed by atoms with van der Waals surface area (Å²) >= 11 is 12.2. The molecule has 0 bridgehead atoms. The number of ether oxygens (including phenoxy) is 2. The Kier molecular flexibility index (Phi) is 6.53. The van der Waals surface area contributed by atoms with E-state index < -0.39 is 11.7 Å². The molecule has 0 unspecified atom stereocenters. The molecule has 168 valence electrons. The smallest absolute Gasteiger partial charge is 0.274 e. The quantitative estimate of drug-likeness (QED) is 0.350. The van der Waals surface area contributed by atoms with E-state index in [0.29, 0.717) is 38.5 Å². The Bertz CT molecular complexity index is 1340. The molecule has 3 aromatic carbocycles. The van der Waals surface area contributed by atoms with Gasteiger partial charge in [0.15, 0.2) is 0 Å². The highest BCUT2D eigenvalue weighted by molar-refractivity contribution is 6.42. The third kappa shape index (κ3) is 4.65. The fraction of sp³-hybridized carbons (Fsp3) is 0.0833. The molecular weight excluding hydrogens is 468 g/mol. The summed E-state index contributed by atoms with van der Waals surface area (Å²) in [6.45, 7) is 0. The number of rotatable bonds is 6. The van der Waals surface area contributed by atoms with E-state index in [9.17, 15) is 9.18 Å². The predicted octanol–water partition coefficient (Wildman–Crippen LogP) is 6.25. The number of para-hydroxylation sites is 1. The third-order valence-corrected chi connectivity index (χ3v) is 5.64. The molecule has 1 amide bonds. The van der Waals surface area contributed by atoms with Gasteiger partial charge in [-0.1, -0.05) is 35.3 Å². The van der Waals surface area contributed by atoms with Crippen molar-refractivity contribution in [2.75, 3.05) is 19.5 Å². The van der Waals surface area contributed by atoms with Crippen LogP contribution in [-0.4, -0.2) is 29.9 Å². The van der Waals surface area contributed by atoms with Crippen LogP contribution in [0.1, 0.15) is 10.5 Å². The number of hydrogen-bond acceptors (Lipinski definition) is 4. The monoisotopic (exact) mass is 485 g/mol. The zero-order valence-corrected chi connectivity index (χ0v) is 19.1. The van der Waals surface area contributed by atoms with Crippen molar-refractivity contribution >= 4 is 34.8 Å². The van der Waals surface area contributed by atoms with Crippen LogP contribution in [0.2, 0.25) is 10.0 Å². The summed E-state index contributed by atoms with van der Waals surface area (Å²) in [6.07, 6.45) is 0. The van der Waals surface area contributed by atoms with Crippen molar-refractivity contribution in [3.8, 4) is 28.4 Å². The molecule has 0 fully saturated rings. The van der Waals surface area contributed by atoms with Gasteiger partial charge in [-0.2, -0.15) is 5.10 Å². The van der Waals surface area contributed by atoms with Gasteiger partial charge < -0.3 is 14.8 Å². The van der Waals surface area contributed by atoms with Gasteiger partial charge >= 0.3 is 0 Å². The Labute approximate surface area is 199 Å². The summed E-state index contributed by atoms with van der Waals surface area (Å²) in [5.74, 6) is 0.00661. The Morgan fingerprint density at radius 2 is 1.76 bits per heavy atom. The molecule has 0 radical (unpaired) electrons. The number of carbonyl (C=O) groups is 1. The highest BCUT2D eigenvalue weighted by Gasteiger charge is 2.21. The number of carbonyl (C=O) groups excluding carboxylic acids is 1. The summed E-state index contributed by atoms with van der Waals surface area (Å²) in [5, 5.41) is 7.86. The second kappa shape index (κ2) is 9.52. The second-order valence-corrected chi connectivity index (χ2v) is 7.74. The Morgan fingerprint density at radius 1 is 0.970 bits per heavy atom. The average molecular weight is 486 g/mol. The molecule has 1 N–H and O–H groups in total. The van der Waals surface area contributed by atoms with Gasteiger partial charge in [0, 0.05) is 11.6 Å². The highest BCUT2D eigenvalue weighted by atomic mass is 35.5. The first-order valence-corrected chi connectivity index (χ1v) is 10.5. The topological polar surface area (TPSA) is 65.4 Å². The standard InChI is InChI=1S/C24H18Cl2FN3O3/c1-32-15-8-9-16(23(12-15)33-2)21-13-22(24(31)28-20-6-4-3-5-19(20)27)30(29-21)14-7-10-17(25)18(26)11-14/h3-13H,1-2H3,(H,28,31). The summed E-state index contributed by atoms with van der Waals surface area (Å²) < 4.78 is 26.3. The molecule has 1 aromatic heterocycles. The van der Waals surface area contributed by atoms with Gasteiger partial charge in [-0.05, 0) is 48.5 Å². The van der Waals surface area contributed by atoms with Gasteiger partial charge in [0.25, 0.3) is 5.91 Å². The van der Waals surface area contributed by atoms with Crippen LogP contribution in [-0.2, 0) is 0 Å². The molecule has 4 rings (SSSR count). The van der Waals surface area contributed by atoms with Gasteiger partial charge in [-0.15, -0.1) is 0 Å². The summed E-state index contributed by atoms with van der Waals surface area (Å²) in [4.78, 5) is 13.2. The fourth-order valence-corrected chi connectivity index (χ4v) is 3.54. The van der Waals surface area contributed by atoms with Crippen molar-refractivity contribution in [1.29, 1.82) is 0 Å². The molecule has 1 heterocycles. The maximum Gasteiger partial charge on any atom is 0.274 e. The normalized spacial score (nSPS) is 10.7. The molecule has 0 saturated heterocycles. The maximum absolute atomic E-state index is 14.1. The van der Waals surface area contributed by atoms with Crippen LogP contribution in [0.25, 0.3) is 16.9 Å². The van der Waals surface area contributed by atoms with Crippen molar-refractivity contribution < 1.29 is 18.7 Å². The van der Waals surface area contributed by atoms with Gasteiger partial charge in [-0.25, -0.2) is 9.07 Å². The number of amides is 1. The fourth-order valence-electron chi connectivity index (χ4n) is 3.25. The molecule has 0 aliphatic carbocycles. The zero-order valence-electron chi connectivity index (χ0n) is 17.6. The van der Waals surface area contributed by atoms with Crippen molar-refractivity contribution in [3.63, 3.8) is 0 Å². The molecule has 0 aliphatic rings. The summed E-state index contributed by atoms with van der Waals surface area (Å²) in [5.41, 5.74) is 1.80. The van der Waals surface area contributed by atoms with Crippen molar-refractivity contribution in [2.24, 2.45) is 0 Å². The minimum Gasteiger partial charge on any atom is -0.497 e. The third-order valence-electron chi connectivity index (χ3n) is 4.90. The first-order chi connectivity index (χ1) is 15.9. The number of anilines is 1. The van der Waals surface area contributed by atoms with Crippen LogP contribution in [0.5, 0.6) is 11.5 Å². The van der Waals surface area contributed by atoms with E-state index in [4.69, 9.17) is 32.7 Å². The lowest BCUT2D eigenvalue weighted by Crippen LogP contribution is -2.17. The summed E-state index contributed by atoms with van der Waals surface area (Å²) in [6, 6.07) is 17.6. The van der Waals surface area contributed by atoms with Gasteiger partial charge in [0.2, 0.25) is 0 Å². The minimum atomic E-state index is -0.558. The lowest BCUT2D eigenvalue weighted by atomic mass is 10.1. The van der Waals surface area contributed by atoms with Crippen molar-refractivity contribution in [2.45, 2.75) is 0 Å². The number of hydrogen-bond donors (Lipinski definition) is 1. The number of halogens is 3. The highest BCUT2D eigenvalue weighted by Crippen LogP contribution is 2.34. The van der Waals surface area contributed by atoms with E-state index in [2.05, 4.69) is 10.4 Å².